The lowest BCUT2D eigenvalue weighted by atomic mass is 10.2. The molecule has 0 aliphatic heterocycles. The van der Waals surface area contributed by atoms with Crippen molar-refractivity contribution in [3.63, 3.8) is 0 Å². The molecule has 0 saturated carbocycles. The molecule has 1 amide bonds. The van der Waals surface area contributed by atoms with E-state index in [9.17, 15) is 9.59 Å². The van der Waals surface area contributed by atoms with E-state index in [-0.39, 0.29) is 17.2 Å². The van der Waals surface area contributed by atoms with Crippen molar-refractivity contribution >= 4 is 34.4 Å². The van der Waals surface area contributed by atoms with Crippen molar-refractivity contribution in [1.82, 2.24) is 14.5 Å². The highest BCUT2D eigenvalue weighted by Crippen LogP contribution is 2.24. The monoisotopic (exact) mass is 446 g/mol. The third-order valence-corrected chi connectivity index (χ3v) is 6.23. The van der Waals surface area contributed by atoms with Crippen molar-refractivity contribution in [2.45, 2.75) is 32.9 Å². The van der Waals surface area contributed by atoms with Crippen LogP contribution in [-0.2, 0) is 4.79 Å². The minimum Gasteiger partial charge on any atom is -0.353 e. The van der Waals surface area contributed by atoms with Crippen LogP contribution >= 0.6 is 11.8 Å². The Morgan fingerprint density at radius 2 is 1.81 bits per heavy atom. The van der Waals surface area contributed by atoms with E-state index in [0.29, 0.717) is 22.7 Å². The molecule has 0 saturated heterocycles. The van der Waals surface area contributed by atoms with Crippen LogP contribution in [0.4, 0.5) is 5.69 Å². The maximum absolute atomic E-state index is 13.3. The summed E-state index contributed by atoms with van der Waals surface area (Å²) in [7, 11) is 0. The second kappa shape index (κ2) is 9.04. The van der Waals surface area contributed by atoms with E-state index in [1.165, 1.54) is 11.8 Å². The largest absolute Gasteiger partial charge is 0.353 e. The maximum atomic E-state index is 13.3. The summed E-state index contributed by atoms with van der Waals surface area (Å²) < 4.78 is 1.58. The molecule has 0 aliphatic carbocycles. The zero-order valence-corrected chi connectivity index (χ0v) is 19.5. The molecule has 0 aliphatic rings. The van der Waals surface area contributed by atoms with E-state index in [1.54, 1.807) is 9.47 Å². The molecule has 0 fully saturated rings. The van der Waals surface area contributed by atoms with Crippen LogP contribution in [0, 0.1) is 20.8 Å². The van der Waals surface area contributed by atoms with Gasteiger partial charge in [-0.25, -0.2) is 4.98 Å². The lowest BCUT2D eigenvalue weighted by molar-refractivity contribution is -0.116. The third-order valence-electron chi connectivity index (χ3n) is 5.30. The van der Waals surface area contributed by atoms with Crippen LogP contribution in [0.25, 0.3) is 16.7 Å². The molecule has 2 aromatic carbocycles. The SMILES string of the molecule is CCN(C(=O)CSc1nc2cc(C)[nH]c2c(=O)n1-c1ccc(C)cc1)c1cccc(C)c1. The van der Waals surface area contributed by atoms with Gasteiger partial charge in [-0.05, 0) is 63.6 Å². The van der Waals surface area contributed by atoms with Gasteiger partial charge in [-0.2, -0.15) is 0 Å². The van der Waals surface area contributed by atoms with Crippen LogP contribution in [0.3, 0.4) is 0 Å². The normalized spacial score (nSPS) is 11.1. The highest BCUT2D eigenvalue weighted by atomic mass is 32.2. The van der Waals surface area contributed by atoms with Crippen molar-refractivity contribution < 1.29 is 4.79 Å². The molecule has 4 aromatic rings. The molecule has 1 N–H and O–H groups in total. The molecule has 4 rings (SSSR count). The Morgan fingerprint density at radius 1 is 1.06 bits per heavy atom. The summed E-state index contributed by atoms with van der Waals surface area (Å²) in [6.07, 6.45) is 0. The van der Waals surface area contributed by atoms with Crippen LogP contribution in [0.15, 0.2) is 64.5 Å². The van der Waals surface area contributed by atoms with Crippen molar-refractivity contribution in [3.05, 3.63) is 81.8 Å². The number of rotatable bonds is 6. The van der Waals surface area contributed by atoms with Crippen molar-refractivity contribution in [2.24, 2.45) is 0 Å². The van der Waals surface area contributed by atoms with E-state index in [1.807, 2.05) is 82.3 Å². The molecule has 7 heteroatoms. The molecular formula is C25H26N4O2S. The first-order valence-corrected chi connectivity index (χ1v) is 11.5. The van der Waals surface area contributed by atoms with Gasteiger partial charge in [-0.15, -0.1) is 0 Å². The lowest BCUT2D eigenvalue weighted by Gasteiger charge is -2.21. The number of carbonyl (C=O) groups is 1. The second-order valence-electron chi connectivity index (χ2n) is 7.85. The van der Waals surface area contributed by atoms with Crippen LogP contribution in [-0.4, -0.2) is 32.7 Å². The van der Waals surface area contributed by atoms with E-state index in [4.69, 9.17) is 4.98 Å². The predicted octanol–water partition coefficient (Wildman–Crippen LogP) is 4.78. The van der Waals surface area contributed by atoms with Gasteiger partial charge in [0.15, 0.2) is 5.16 Å². The summed E-state index contributed by atoms with van der Waals surface area (Å²) in [5.74, 6) is 0.146. The van der Waals surface area contributed by atoms with Crippen LogP contribution in [0.2, 0.25) is 0 Å². The number of aromatic amines is 1. The van der Waals surface area contributed by atoms with Gasteiger partial charge in [0, 0.05) is 17.9 Å². The fourth-order valence-electron chi connectivity index (χ4n) is 3.70. The molecule has 32 heavy (non-hydrogen) atoms. The fourth-order valence-corrected chi connectivity index (χ4v) is 4.59. The Morgan fingerprint density at radius 3 is 2.50 bits per heavy atom. The number of hydrogen-bond donors (Lipinski definition) is 1. The summed E-state index contributed by atoms with van der Waals surface area (Å²) >= 11 is 1.28. The highest BCUT2D eigenvalue weighted by molar-refractivity contribution is 7.99. The molecule has 0 atom stereocenters. The number of benzene rings is 2. The number of carbonyl (C=O) groups excluding carboxylic acids is 1. The average Bonchev–Trinajstić information content (AvgIpc) is 3.14. The number of anilines is 1. The van der Waals surface area contributed by atoms with Crippen LogP contribution in [0.5, 0.6) is 0 Å². The topological polar surface area (TPSA) is 71.0 Å². The zero-order valence-electron chi connectivity index (χ0n) is 18.7. The molecule has 0 radical (unpaired) electrons. The molecular weight excluding hydrogens is 420 g/mol. The minimum atomic E-state index is -0.173. The number of aryl methyl sites for hydroxylation is 3. The smallest absolute Gasteiger partial charge is 0.283 e. The number of nitrogens with one attached hydrogen (secondary N) is 1. The number of amides is 1. The van der Waals surface area contributed by atoms with Crippen molar-refractivity contribution in [3.8, 4) is 5.69 Å². The van der Waals surface area contributed by atoms with Gasteiger partial charge in [0.2, 0.25) is 5.91 Å². The predicted molar refractivity (Wildman–Crippen MR) is 131 cm³/mol. The Kier molecular flexibility index (Phi) is 6.19. The Labute approximate surface area is 191 Å². The number of H-pyrrole nitrogens is 1. The van der Waals surface area contributed by atoms with Gasteiger partial charge in [0.05, 0.1) is 17.0 Å². The van der Waals surface area contributed by atoms with Gasteiger partial charge in [-0.1, -0.05) is 41.6 Å². The Hall–Kier alpha value is -3.32. The van der Waals surface area contributed by atoms with E-state index in [2.05, 4.69) is 4.98 Å². The molecule has 0 unspecified atom stereocenters. The Balaban J connectivity index is 1.70. The lowest BCUT2D eigenvalue weighted by Crippen LogP contribution is -2.32. The molecule has 0 spiro atoms. The van der Waals surface area contributed by atoms with Crippen LogP contribution in [0.1, 0.15) is 23.7 Å². The van der Waals surface area contributed by atoms with Crippen LogP contribution < -0.4 is 10.5 Å². The highest BCUT2D eigenvalue weighted by Gasteiger charge is 2.19. The first kappa shape index (κ1) is 21.9. The first-order valence-electron chi connectivity index (χ1n) is 10.6. The molecule has 164 valence electrons. The summed E-state index contributed by atoms with van der Waals surface area (Å²) in [6.45, 7) is 8.43. The summed E-state index contributed by atoms with van der Waals surface area (Å²) in [4.78, 5) is 36.0. The first-order chi connectivity index (χ1) is 15.4. The maximum Gasteiger partial charge on any atom is 0.283 e. The number of fused-ring (bicyclic) bond motifs is 1. The van der Waals surface area contributed by atoms with E-state index < -0.39 is 0 Å². The summed E-state index contributed by atoms with van der Waals surface area (Å²) in [6, 6.07) is 17.5. The number of aromatic nitrogens is 3. The molecule has 0 bridgehead atoms. The van der Waals surface area contributed by atoms with E-state index in [0.717, 1.165) is 28.2 Å². The van der Waals surface area contributed by atoms with Gasteiger partial charge in [0.25, 0.3) is 5.56 Å². The zero-order chi connectivity index (χ0) is 22.8. The number of hydrogen-bond acceptors (Lipinski definition) is 4. The Bertz CT molecular complexity index is 1340. The van der Waals surface area contributed by atoms with Gasteiger partial charge < -0.3 is 9.88 Å². The standard InChI is InChI=1S/C25H26N4O2S/c1-5-28(20-8-6-7-17(3)13-20)22(30)15-32-25-27-21-14-18(4)26-23(21)24(31)29(25)19-11-9-16(2)10-12-19/h6-14,26H,5,15H2,1-4H3. The van der Waals surface area contributed by atoms with Crippen molar-refractivity contribution in [1.29, 1.82) is 0 Å². The average molecular weight is 447 g/mol. The number of thioether (sulfide) groups is 1. The molecule has 2 aromatic heterocycles. The van der Waals surface area contributed by atoms with Gasteiger partial charge in [-0.3, -0.25) is 14.2 Å². The van der Waals surface area contributed by atoms with Gasteiger partial charge >= 0.3 is 0 Å². The van der Waals surface area contributed by atoms with Crippen molar-refractivity contribution in [2.75, 3.05) is 17.2 Å². The van der Waals surface area contributed by atoms with Gasteiger partial charge in [0.1, 0.15) is 5.52 Å². The number of nitrogens with zero attached hydrogens (tertiary/aromatic N) is 3. The fraction of sp³-hybridized carbons (Fsp3) is 0.240. The summed E-state index contributed by atoms with van der Waals surface area (Å²) in [5, 5.41) is 0.499. The van der Waals surface area contributed by atoms with E-state index >= 15 is 0 Å². The molecule has 6 nitrogen and oxygen atoms in total. The third kappa shape index (κ3) is 4.34. The second-order valence-corrected chi connectivity index (χ2v) is 8.79. The quantitative estimate of drug-likeness (QED) is 0.342. The molecule has 2 heterocycles. The summed E-state index contributed by atoms with van der Waals surface area (Å²) in [5.41, 5.74) is 5.58. The minimum absolute atomic E-state index is 0.0295.